The lowest BCUT2D eigenvalue weighted by molar-refractivity contribution is 0.103. The molecule has 5 rings (SSSR count). The molecular formula is C22H16N4O2S. The molecule has 0 aliphatic carbocycles. The second-order valence-corrected chi connectivity index (χ2v) is 7.68. The van der Waals surface area contributed by atoms with Crippen LogP contribution >= 0.6 is 11.3 Å². The number of thiophene rings is 1. The Balaban J connectivity index is 1.57. The number of fused-ring (bicyclic) bond motifs is 2. The summed E-state index contributed by atoms with van der Waals surface area (Å²) >= 11 is 1.36. The SMILES string of the molecule is Cc1nc(-c2ccco2)nc2sc(C(=O)Nc3cccc4ncccc34)c(C)c12. The maximum absolute atomic E-state index is 13.1. The summed E-state index contributed by atoms with van der Waals surface area (Å²) in [5, 5.41) is 4.84. The van der Waals surface area contributed by atoms with Crippen LogP contribution in [0.3, 0.4) is 0 Å². The van der Waals surface area contributed by atoms with E-state index in [9.17, 15) is 4.79 Å². The van der Waals surface area contributed by atoms with E-state index >= 15 is 0 Å². The number of anilines is 1. The maximum Gasteiger partial charge on any atom is 0.266 e. The minimum absolute atomic E-state index is 0.166. The van der Waals surface area contributed by atoms with Gasteiger partial charge >= 0.3 is 0 Å². The molecule has 29 heavy (non-hydrogen) atoms. The molecule has 1 amide bonds. The number of furan rings is 1. The van der Waals surface area contributed by atoms with Crippen LogP contribution in [0.15, 0.2) is 59.3 Å². The highest BCUT2D eigenvalue weighted by molar-refractivity contribution is 7.20. The molecule has 0 saturated carbocycles. The van der Waals surface area contributed by atoms with Crippen LogP contribution in [0.2, 0.25) is 0 Å². The van der Waals surface area contributed by atoms with Crippen molar-refractivity contribution in [2.75, 3.05) is 5.32 Å². The molecule has 0 radical (unpaired) electrons. The lowest BCUT2D eigenvalue weighted by Crippen LogP contribution is -2.11. The van der Waals surface area contributed by atoms with Gasteiger partial charge in [-0.25, -0.2) is 9.97 Å². The Hall–Kier alpha value is -3.58. The molecule has 7 heteroatoms. The summed E-state index contributed by atoms with van der Waals surface area (Å²) in [6.07, 6.45) is 3.33. The zero-order valence-corrected chi connectivity index (χ0v) is 16.6. The maximum atomic E-state index is 13.1. The molecule has 5 aromatic rings. The first-order valence-corrected chi connectivity index (χ1v) is 9.90. The quantitative estimate of drug-likeness (QED) is 0.440. The molecular weight excluding hydrogens is 384 g/mol. The van der Waals surface area contributed by atoms with Gasteiger partial charge < -0.3 is 9.73 Å². The van der Waals surface area contributed by atoms with Crippen LogP contribution in [0.4, 0.5) is 5.69 Å². The third-order valence-corrected chi connectivity index (χ3v) is 6.00. The zero-order valence-electron chi connectivity index (χ0n) is 15.8. The number of aromatic nitrogens is 3. The number of nitrogens with one attached hydrogen (secondary N) is 1. The number of aryl methyl sites for hydroxylation is 2. The summed E-state index contributed by atoms with van der Waals surface area (Å²) in [6, 6.07) is 13.1. The Bertz CT molecular complexity index is 1370. The van der Waals surface area contributed by atoms with Crippen molar-refractivity contribution in [2.45, 2.75) is 13.8 Å². The molecule has 1 N–H and O–H groups in total. The van der Waals surface area contributed by atoms with Gasteiger partial charge in [-0.1, -0.05) is 6.07 Å². The molecule has 0 saturated heterocycles. The van der Waals surface area contributed by atoms with E-state index in [-0.39, 0.29) is 5.91 Å². The average Bonchev–Trinajstić information content (AvgIpc) is 3.37. The van der Waals surface area contributed by atoms with E-state index < -0.39 is 0 Å². The Kier molecular flexibility index (Phi) is 4.10. The Morgan fingerprint density at radius 3 is 2.79 bits per heavy atom. The first-order valence-electron chi connectivity index (χ1n) is 9.08. The van der Waals surface area contributed by atoms with Gasteiger partial charge in [0.2, 0.25) is 0 Å². The van der Waals surface area contributed by atoms with E-state index in [0.717, 1.165) is 38.1 Å². The van der Waals surface area contributed by atoms with Gasteiger partial charge in [-0.05, 0) is 55.8 Å². The molecule has 0 fully saturated rings. The molecule has 0 atom stereocenters. The first kappa shape index (κ1) is 17.5. The fraction of sp³-hybridized carbons (Fsp3) is 0.0909. The Morgan fingerprint density at radius 1 is 1.07 bits per heavy atom. The van der Waals surface area contributed by atoms with E-state index in [1.807, 2.05) is 50.2 Å². The molecule has 0 unspecified atom stereocenters. The third kappa shape index (κ3) is 2.96. The monoisotopic (exact) mass is 400 g/mol. The van der Waals surface area contributed by atoms with Crippen molar-refractivity contribution in [1.82, 2.24) is 15.0 Å². The van der Waals surface area contributed by atoms with Crippen LogP contribution in [0, 0.1) is 13.8 Å². The fourth-order valence-electron chi connectivity index (χ4n) is 3.46. The largest absolute Gasteiger partial charge is 0.461 e. The highest BCUT2D eigenvalue weighted by atomic mass is 32.1. The Morgan fingerprint density at radius 2 is 1.97 bits per heavy atom. The summed E-state index contributed by atoms with van der Waals surface area (Å²) in [7, 11) is 0. The van der Waals surface area contributed by atoms with Gasteiger partial charge in [0.15, 0.2) is 11.6 Å². The summed E-state index contributed by atoms with van der Waals surface area (Å²) in [4.78, 5) is 28.0. The number of carbonyl (C=O) groups excluding carboxylic acids is 1. The van der Waals surface area contributed by atoms with E-state index in [0.29, 0.717) is 16.5 Å². The van der Waals surface area contributed by atoms with E-state index in [4.69, 9.17) is 4.42 Å². The normalized spacial score (nSPS) is 11.2. The summed E-state index contributed by atoms with van der Waals surface area (Å²) in [5.74, 6) is 0.962. The summed E-state index contributed by atoms with van der Waals surface area (Å²) < 4.78 is 5.42. The molecule has 4 aromatic heterocycles. The van der Waals surface area contributed by atoms with Gasteiger partial charge in [0.05, 0.1) is 28.0 Å². The molecule has 4 heterocycles. The fourth-order valence-corrected chi connectivity index (χ4v) is 4.59. The molecule has 142 valence electrons. The summed E-state index contributed by atoms with van der Waals surface area (Å²) in [5.41, 5.74) is 3.27. The van der Waals surface area contributed by atoms with Gasteiger partial charge in [-0.3, -0.25) is 9.78 Å². The Labute approximate surface area is 170 Å². The number of hydrogen-bond acceptors (Lipinski definition) is 6. The van der Waals surface area contributed by atoms with Gasteiger partial charge in [-0.15, -0.1) is 11.3 Å². The lowest BCUT2D eigenvalue weighted by Gasteiger charge is -2.08. The van der Waals surface area contributed by atoms with Crippen LogP contribution in [0.5, 0.6) is 0 Å². The van der Waals surface area contributed by atoms with Crippen LogP contribution in [-0.4, -0.2) is 20.9 Å². The van der Waals surface area contributed by atoms with Crippen molar-refractivity contribution in [2.24, 2.45) is 0 Å². The van der Waals surface area contributed by atoms with Crippen LogP contribution < -0.4 is 5.32 Å². The van der Waals surface area contributed by atoms with Crippen molar-refractivity contribution in [3.63, 3.8) is 0 Å². The molecule has 1 aromatic carbocycles. The topological polar surface area (TPSA) is 80.9 Å². The molecule has 0 aliphatic heterocycles. The number of hydrogen-bond donors (Lipinski definition) is 1. The highest BCUT2D eigenvalue weighted by Crippen LogP contribution is 2.34. The van der Waals surface area contributed by atoms with Crippen molar-refractivity contribution in [1.29, 1.82) is 0 Å². The predicted octanol–water partition coefficient (Wildman–Crippen LogP) is 5.37. The minimum Gasteiger partial charge on any atom is -0.461 e. The van der Waals surface area contributed by atoms with Crippen LogP contribution in [0.1, 0.15) is 20.9 Å². The van der Waals surface area contributed by atoms with Gasteiger partial charge in [-0.2, -0.15) is 0 Å². The molecule has 0 spiro atoms. The van der Waals surface area contributed by atoms with Crippen molar-refractivity contribution in [3.05, 3.63) is 71.1 Å². The number of nitrogens with zero attached hydrogens (tertiary/aromatic N) is 3. The molecule has 0 bridgehead atoms. The highest BCUT2D eigenvalue weighted by Gasteiger charge is 2.20. The van der Waals surface area contributed by atoms with Crippen molar-refractivity contribution in [3.8, 4) is 11.6 Å². The van der Waals surface area contributed by atoms with E-state index in [1.165, 1.54) is 11.3 Å². The number of pyridine rings is 1. The first-order chi connectivity index (χ1) is 14.1. The van der Waals surface area contributed by atoms with Crippen LogP contribution in [-0.2, 0) is 0 Å². The van der Waals surface area contributed by atoms with Crippen molar-refractivity contribution >= 4 is 44.1 Å². The minimum atomic E-state index is -0.166. The van der Waals surface area contributed by atoms with Gasteiger partial charge in [0.25, 0.3) is 5.91 Å². The number of benzene rings is 1. The van der Waals surface area contributed by atoms with Crippen LogP contribution in [0.25, 0.3) is 32.7 Å². The van der Waals surface area contributed by atoms with Crippen molar-refractivity contribution < 1.29 is 9.21 Å². The molecule has 6 nitrogen and oxygen atoms in total. The summed E-state index contributed by atoms with van der Waals surface area (Å²) in [6.45, 7) is 3.86. The smallest absolute Gasteiger partial charge is 0.266 e. The lowest BCUT2D eigenvalue weighted by atomic mass is 10.1. The van der Waals surface area contributed by atoms with E-state index in [2.05, 4.69) is 20.3 Å². The third-order valence-electron chi connectivity index (χ3n) is 4.81. The second-order valence-electron chi connectivity index (χ2n) is 6.68. The average molecular weight is 400 g/mol. The predicted molar refractivity (Wildman–Crippen MR) is 114 cm³/mol. The van der Waals surface area contributed by atoms with Gasteiger partial charge in [0, 0.05) is 17.0 Å². The van der Waals surface area contributed by atoms with E-state index in [1.54, 1.807) is 18.5 Å². The zero-order chi connectivity index (χ0) is 20.0. The number of rotatable bonds is 3. The number of carbonyl (C=O) groups is 1. The van der Waals surface area contributed by atoms with Gasteiger partial charge in [0.1, 0.15) is 4.83 Å². The molecule has 0 aliphatic rings. The number of amides is 1. The second kappa shape index (κ2) is 6.79. The standard InChI is InChI=1S/C22H16N4O2S/c1-12-18-13(2)24-20(17-9-5-11-28-17)26-22(18)29-19(12)21(27)25-16-8-3-7-15-14(16)6-4-10-23-15/h3-11H,1-2H3,(H,25,27).